The number of hydrogen-bond donors (Lipinski definition) is 0. The average Bonchev–Trinajstić information content (AvgIpc) is 2.92. The van der Waals surface area contributed by atoms with E-state index in [9.17, 15) is 17.1 Å². The molecule has 1 aromatic carbocycles. The standard InChI is InChI=1S/C12H12FNO4S/c13-19(16,17)10-6-12(15)14(7-10)9-1-2-11-8(5-9)3-4-18-11/h1-2,5,10H,3-4,6-7H2. The molecule has 2 aliphatic rings. The molecule has 19 heavy (non-hydrogen) atoms. The smallest absolute Gasteiger partial charge is 0.307 e. The van der Waals surface area contributed by atoms with E-state index in [1.54, 1.807) is 18.2 Å². The zero-order valence-corrected chi connectivity index (χ0v) is 10.8. The fraction of sp³-hybridized carbons (Fsp3) is 0.417. The van der Waals surface area contributed by atoms with E-state index in [4.69, 9.17) is 4.74 Å². The number of benzene rings is 1. The van der Waals surface area contributed by atoms with Gasteiger partial charge in [0.2, 0.25) is 5.91 Å². The molecule has 2 aliphatic heterocycles. The first kappa shape index (κ1) is 12.4. The molecule has 0 spiro atoms. The highest BCUT2D eigenvalue weighted by Crippen LogP contribution is 2.32. The van der Waals surface area contributed by atoms with Crippen LogP contribution in [-0.4, -0.2) is 32.7 Å². The highest BCUT2D eigenvalue weighted by Gasteiger charge is 2.39. The SMILES string of the molecule is O=C1CC(S(=O)(=O)F)CN1c1ccc2c(c1)CCO2. The zero-order chi connectivity index (χ0) is 13.6. The Hall–Kier alpha value is -1.63. The Labute approximate surface area is 110 Å². The Bertz CT molecular complexity index is 643. The molecule has 2 heterocycles. The van der Waals surface area contributed by atoms with Crippen LogP contribution in [0.5, 0.6) is 5.75 Å². The number of hydrogen-bond acceptors (Lipinski definition) is 4. The number of ether oxygens (including phenoxy) is 1. The maximum Gasteiger partial charge on any atom is 0.307 e. The molecule has 0 saturated carbocycles. The van der Waals surface area contributed by atoms with Gasteiger partial charge in [-0.25, -0.2) is 0 Å². The van der Waals surface area contributed by atoms with Gasteiger partial charge in [-0.15, -0.1) is 3.89 Å². The number of rotatable bonds is 2. The largest absolute Gasteiger partial charge is 0.493 e. The lowest BCUT2D eigenvalue weighted by molar-refractivity contribution is -0.117. The van der Waals surface area contributed by atoms with Gasteiger partial charge in [0, 0.05) is 25.1 Å². The molecular formula is C12H12FNO4S. The molecule has 0 aromatic heterocycles. The summed E-state index contributed by atoms with van der Waals surface area (Å²) in [6.07, 6.45) is 0.461. The van der Waals surface area contributed by atoms with Crippen LogP contribution in [0.4, 0.5) is 9.57 Å². The van der Waals surface area contributed by atoms with Crippen LogP contribution < -0.4 is 9.64 Å². The van der Waals surface area contributed by atoms with Crippen molar-refractivity contribution in [3.8, 4) is 5.75 Å². The fourth-order valence-electron chi connectivity index (χ4n) is 2.45. The lowest BCUT2D eigenvalue weighted by Crippen LogP contribution is -2.26. The molecule has 102 valence electrons. The predicted molar refractivity (Wildman–Crippen MR) is 66.4 cm³/mol. The summed E-state index contributed by atoms with van der Waals surface area (Å²) in [6.45, 7) is 0.478. The molecule has 1 aromatic rings. The topological polar surface area (TPSA) is 63.7 Å². The van der Waals surface area contributed by atoms with Crippen LogP contribution >= 0.6 is 0 Å². The second kappa shape index (κ2) is 4.19. The summed E-state index contributed by atoms with van der Waals surface area (Å²) < 4.78 is 40.1. The maximum absolute atomic E-state index is 12.9. The molecule has 1 saturated heterocycles. The summed E-state index contributed by atoms with van der Waals surface area (Å²) in [5, 5.41) is -1.26. The number of carbonyl (C=O) groups is 1. The summed E-state index contributed by atoms with van der Waals surface area (Å²) in [5.41, 5.74) is 1.58. The first-order valence-corrected chi connectivity index (χ1v) is 7.39. The molecule has 0 radical (unpaired) electrons. The quantitative estimate of drug-likeness (QED) is 0.761. The van der Waals surface area contributed by atoms with Crippen LogP contribution in [0.1, 0.15) is 12.0 Å². The van der Waals surface area contributed by atoms with Crippen molar-refractivity contribution in [2.45, 2.75) is 18.1 Å². The van der Waals surface area contributed by atoms with Crippen LogP contribution in [0.15, 0.2) is 18.2 Å². The van der Waals surface area contributed by atoms with E-state index >= 15 is 0 Å². The van der Waals surface area contributed by atoms with E-state index in [2.05, 4.69) is 0 Å². The van der Waals surface area contributed by atoms with Crippen molar-refractivity contribution in [1.82, 2.24) is 0 Å². The minimum atomic E-state index is -4.68. The van der Waals surface area contributed by atoms with Crippen molar-refractivity contribution in [3.05, 3.63) is 23.8 Å². The van der Waals surface area contributed by atoms with Crippen molar-refractivity contribution in [2.24, 2.45) is 0 Å². The van der Waals surface area contributed by atoms with Crippen LogP contribution in [0.25, 0.3) is 0 Å². The highest BCUT2D eigenvalue weighted by molar-refractivity contribution is 7.87. The van der Waals surface area contributed by atoms with Gasteiger partial charge in [0.05, 0.1) is 6.61 Å². The number of carbonyl (C=O) groups excluding carboxylic acids is 1. The first-order chi connectivity index (χ1) is 8.95. The summed E-state index contributed by atoms with van der Waals surface area (Å²) in [5.74, 6) is 0.412. The Morgan fingerprint density at radius 2 is 2.16 bits per heavy atom. The summed E-state index contributed by atoms with van der Waals surface area (Å²) >= 11 is 0. The Kier molecular flexibility index (Phi) is 2.74. The normalized spacial score (nSPS) is 22.5. The van der Waals surface area contributed by atoms with Gasteiger partial charge in [-0.3, -0.25) is 4.79 Å². The second-order valence-electron chi connectivity index (χ2n) is 4.70. The molecule has 0 N–H and O–H groups in total. The molecule has 7 heteroatoms. The molecule has 1 atom stereocenters. The van der Waals surface area contributed by atoms with Gasteiger partial charge < -0.3 is 9.64 Å². The van der Waals surface area contributed by atoms with Crippen molar-refractivity contribution in [1.29, 1.82) is 0 Å². The van der Waals surface area contributed by atoms with E-state index in [1.165, 1.54) is 4.90 Å². The van der Waals surface area contributed by atoms with Gasteiger partial charge >= 0.3 is 10.2 Å². The second-order valence-corrected chi connectivity index (χ2v) is 6.31. The Balaban J connectivity index is 1.89. The minimum Gasteiger partial charge on any atom is -0.493 e. The first-order valence-electron chi connectivity index (χ1n) is 5.95. The predicted octanol–water partition coefficient (Wildman–Crippen LogP) is 1.03. The molecule has 5 nitrogen and oxygen atoms in total. The number of halogens is 1. The zero-order valence-electron chi connectivity index (χ0n) is 10.0. The third-order valence-electron chi connectivity index (χ3n) is 3.47. The van der Waals surface area contributed by atoms with Gasteiger partial charge in [0.15, 0.2) is 0 Å². The van der Waals surface area contributed by atoms with E-state index in [0.717, 1.165) is 17.7 Å². The van der Waals surface area contributed by atoms with E-state index < -0.39 is 15.5 Å². The Morgan fingerprint density at radius 3 is 2.84 bits per heavy atom. The van der Waals surface area contributed by atoms with E-state index in [0.29, 0.717) is 12.3 Å². The number of amides is 1. The summed E-state index contributed by atoms with van der Waals surface area (Å²) in [7, 11) is -4.68. The van der Waals surface area contributed by atoms with Crippen molar-refractivity contribution in [2.75, 3.05) is 18.1 Å². The lowest BCUT2D eigenvalue weighted by Gasteiger charge is -2.16. The maximum atomic E-state index is 12.9. The summed E-state index contributed by atoms with van der Waals surface area (Å²) in [4.78, 5) is 13.1. The third kappa shape index (κ3) is 2.18. The van der Waals surface area contributed by atoms with E-state index in [1.807, 2.05) is 0 Å². The fourth-order valence-corrected chi connectivity index (χ4v) is 3.12. The van der Waals surface area contributed by atoms with Crippen molar-refractivity contribution in [3.63, 3.8) is 0 Å². The van der Waals surface area contributed by atoms with Crippen molar-refractivity contribution >= 4 is 21.8 Å². The molecule has 0 aliphatic carbocycles. The monoisotopic (exact) mass is 285 g/mol. The number of fused-ring (bicyclic) bond motifs is 1. The summed E-state index contributed by atoms with van der Waals surface area (Å²) in [6, 6.07) is 5.24. The van der Waals surface area contributed by atoms with Crippen LogP contribution in [0, 0.1) is 0 Å². The van der Waals surface area contributed by atoms with Crippen LogP contribution in [0.3, 0.4) is 0 Å². The van der Waals surface area contributed by atoms with Crippen molar-refractivity contribution < 1.29 is 21.8 Å². The van der Waals surface area contributed by atoms with Gasteiger partial charge in [0.25, 0.3) is 0 Å². The Morgan fingerprint density at radius 1 is 1.37 bits per heavy atom. The van der Waals surface area contributed by atoms with Gasteiger partial charge in [-0.05, 0) is 23.8 Å². The minimum absolute atomic E-state index is 0.128. The number of nitrogens with zero attached hydrogens (tertiary/aromatic N) is 1. The van der Waals surface area contributed by atoms with Gasteiger partial charge in [0.1, 0.15) is 11.0 Å². The highest BCUT2D eigenvalue weighted by atomic mass is 32.3. The number of anilines is 1. The molecule has 1 unspecified atom stereocenters. The molecule has 0 bridgehead atoms. The molecule has 1 fully saturated rings. The third-order valence-corrected chi connectivity index (χ3v) is 4.58. The average molecular weight is 285 g/mol. The lowest BCUT2D eigenvalue weighted by atomic mass is 10.1. The molecule has 3 rings (SSSR count). The van der Waals surface area contributed by atoms with E-state index in [-0.39, 0.29) is 18.9 Å². The van der Waals surface area contributed by atoms with Gasteiger partial charge in [-0.1, -0.05) is 0 Å². The van der Waals surface area contributed by atoms with Crippen LogP contribution in [-0.2, 0) is 21.4 Å². The molecule has 1 amide bonds. The van der Waals surface area contributed by atoms with Gasteiger partial charge in [-0.2, -0.15) is 8.42 Å². The van der Waals surface area contributed by atoms with Crippen LogP contribution in [0.2, 0.25) is 0 Å². The molecular weight excluding hydrogens is 273 g/mol.